The number of aryl methyl sites for hydroxylation is 2. The van der Waals surface area contributed by atoms with Gasteiger partial charge in [0.1, 0.15) is 5.82 Å². The minimum atomic E-state index is -3.38. The molecule has 0 radical (unpaired) electrons. The molecule has 1 aromatic heterocycles. The number of aromatic nitrogens is 2. The van der Waals surface area contributed by atoms with Crippen LogP contribution in [0.5, 0.6) is 0 Å². The first-order valence-electron chi connectivity index (χ1n) is 8.40. The smallest absolute Gasteiger partial charge is 0.282 e. The fourth-order valence-corrected chi connectivity index (χ4v) is 5.28. The molecular weight excluding hydrogens is 316 g/mol. The Morgan fingerprint density at radius 1 is 1.26 bits per heavy atom. The highest BCUT2D eigenvalue weighted by Crippen LogP contribution is 2.26. The van der Waals surface area contributed by atoms with Crippen LogP contribution in [0.1, 0.15) is 31.5 Å². The molecule has 0 spiro atoms. The Kier molecular flexibility index (Phi) is 5.35. The molecule has 7 nitrogen and oxygen atoms in total. The van der Waals surface area contributed by atoms with E-state index in [9.17, 15) is 8.42 Å². The van der Waals surface area contributed by atoms with E-state index in [1.165, 1.54) is 0 Å². The van der Waals surface area contributed by atoms with Crippen LogP contribution in [0.15, 0.2) is 12.4 Å². The quantitative estimate of drug-likeness (QED) is 0.793. The summed E-state index contributed by atoms with van der Waals surface area (Å²) in [4.78, 5) is 4.35. The molecule has 23 heavy (non-hydrogen) atoms. The third-order valence-corrected chi connectivity index (χ3v) is 6.88. The Morgan fingerprint density at radius 2 is 2.04 bits per heavy atom. The molecular formula is C15H26N4O3S. The number of imidazole rings is 1. The van der Waals surface area contributed by atoms with Gasteiger partial charge < -0.3 is 9.30 Å². The van der Waals surface area contributed by atoms with Crippen LogP contribution in [0, 0.1) is 0 Å². The van der Waals surface area contributed by atoms with E-state index < -0.39 is 10.2 Å². The van der Waals surface area contributed by atoms with Gasteiger partial charge in [-0.15, -0.1) is 0 Å². The third kappa shape index (κ3) is 3.76. The number of ether oxygens (including phenoxy) is 1. The molecule has 8 heteroatoms. The molecule has 3 heterocycles. The van der Waals surface area contributed by atoms with Crippen molar-refractivity contribution in [1.82, 2.24) is 18.2 Å². The van der Waals surface area contributed by atoms with Crippen molar-refractivity contribution in [1.29, 1.82) is 0 Å². The number of piperidine rings is 1. The second-order valence-electron chi connectivity index (χ2n) is 6.27. The molecule has 1 aromatic rings. The summed E-state index contributed by atoms with van der Waals surface area (Å²) < 4.78 is 36.5. The lowest BCUT2D eigenvalue weighted by Crippen LogP contribution is -2.53. The highest BCUT2D eigenvalue weighted by atomic mass is 32.2. The summed E-state index contributed by atoms with van der Waals surface area (Å²) in [6, 6.07) is 0.0771. The van der Waals surface area contributed by atoms with Gasteiger partial charge >= 0.3 is 0 Å². The lowest BCUT2D eigenvalue weighted by molar-refractivity contribution is 0.0680. The molecule has 0 amide bonds. The van der Waals surface area contributed by atoms with Gasteiger partial charge in [0.05, 0.1) is 13.2 Å². The SMILES string of the molecule is Cn1ccnc1CCC1CCCCN1S(=O)(=O)N1CCOCC1. The summed E-state index contributed by atoms with van der Waals surface area (Å²) in [5.74, 6) is 1.01. The van der Waals surface area contributed by atoms with Crippen LogP contribution in [0.2, 0.25) is 0 Å². The second-order valence-corrected chi connectivity index (χ2v) is 8.15. The zero-order valence-electron chi connectivity index (χ0n) is 13.7. The fourth-order valence-electron chi connectivity index (χ4n) is 3.42. The molecule has 0 aromatic carbocycles. The predicted molar refractivity (Wildman–Crippen MR) is 87.2 cm³/mol. The molecule has 2 saturated heterocycles. The number of hydrogen-bond acceptors (Lipinski definition) is 4. The maximum absolute atomic E-state index is 13.0. The number of hydrogen-bond donors (Lipinski definition) is 0. The van der Waals surface area contributed by atoms with Crippen molar-refractivity contribution in [2.24, 2.45) is 7.05 Å². The van der Waals surface area contributed by atoms with Gasteiger partial charge in [-0.3, -0.25) is 0 Å². The van der Waals surface area contributed by atoms with Crippen LogP contribution in [0.3, 0.4) is 0 Å². The van der Waals surface area contributed by atoms with Gasteiger partial charge in [0.25, 0.3) is 10.2 Å². The van der Waals surface area contributed by atoms with Gasteiger partial charge in [-0.05, 0) is 19.3 Å². The van der Waals surface area contributed by atoms with Crippen LogP contribution in [-0.4, -0.2) is 65.5 Å². The highest BCUT2D eigenvalue weighted by Gasteiger charge is 2.36. The highest BCUT2D eigenvalue weighted by molar-refractivity contribution is 7.86. The Labute approximate surface area is 138 Å². The predicted octanol–water partition coefficient (Wildman–Crippen LogP) is 0.784. The summed E-state index contributed by atoms with van der Waals surface area (Å²) in [6.45, 7) is 2.54. The monoisotopic (exact) mass is 342 g/mol. The van der Waals surface area contributed by atoms with Gasteiger partial charge in [0, 0.05) is 51.5 Å². The van der Waals surface area contributed by atoms with Crippen LogP contribution in [0.4, 0.5) is 0 Å². The summed E-state index contributed by atoms with van der Waals surface area (Å²) in [5, 5.41) is 0. The molecule has 1 atom stereocenters. The zero-order valence-corrected chi connectivity index (χ0v) is 14.5. The maximum atomic E-state index is 13.0. The van der Waals surface area contributed by atoms with Crippen molar-refractivity contribution in [3.05, 3.63) is 18.2 Å². The average molecular weight is 342 g/mol. The van der Waals surface area contributed by atoms with E-state index in [4.69, 9.17) is 4.74 Å². The average Bonchev–Trinajstić information content (AvgIpc) is 2.99. The van der Waals surface area contributed by atoms with E-state index in [0.717, 1.165) is 37.9 Å². The van der Waals surface area contributed by atoms with Crippen molar-refractivity contribution in [3.63, 3.8) is 0 Å². The zero-order chi connectivity index (χ0) is 16.3. The Hall–Kier alpha value is -0.960. The summed E-state index contributed by atoms with van der Waals surface area (Å²) in [7, 11) is -1.40. The minimum absolute atomic E-state index is 0.0771. The van der Waals surface area contributed by atoms with Crippen molar-refractivity contribution in [2.75, 3.05) is 32.8 Å². The molecule has 1 unspecified atom stereocenters. The van der Waals surface area contributed by atoms with Gasteiger partial charge in [-0.2, -0.15) is 17.0 Å². The van der Waals surface area contributed by atoms with Crippen LogP contribution < -0.4 is 0 Å². The molecule has 0 N–H and O–H groups in total. The van der Waals surface area contributed by atoms with Crippen molar-refractivity contribution < 1.29 is 13.2 Å². The van der Waals surface area contributed by atoms with Crippen LogP contribution >= 0.6 is 0 Å². The lowest BCUT2D eigenvalue weighted by Gasteiger charge is -2.39. The van der Waals surface area contributed by atoms with E-state index in [-0.39, 0.29) is 6.04 Å². The summed E-state index contributed by atoms with van der Waals surface area (Å²) in [6.07, 6.45) is 8.34. The molecule has 0 saturated carbocycles. The summed E-state index contributed by atoms with van der Waals surface area (Å²) in [5.41, 5.74) is 0. The van der Waals surface area contributed by atoms with E-state index in [1.807, 2.05) is 17.8 Å². The van der Waals surface area contributed by atoms with Gasteiger partial charge in [0.15, 0.2) is 0 Å². The molecule has 2 aliphatic heterocycles. The normalized spacial score (nSPS) is 24.8. The number of rotatable bonds is 5. The van der Waals surface area contributed by atoms with Crippen molar-refractivity contribution >= 4 is 10.2 Å². The van der Waals surface area contributed by atoms with E-state index in [0.29, 0.717) is 32.8 Å². The topological polar surface area (TPSA) is 67.7 Å². The van der Waals surface area contributed by atoms with Crippen molar-refractivity contribution in [3.8, 4) is 0 Å². The Morgan fingerprint density at radius 3 is 2.74 bits per heavy atom. The molecule has 0 bridgehead atoms. The largest absolute Gasteiger partial charge is 0.379 e. The third-order valence-electron chi connectivity index (χ3n) is 4.79. The molecule has 2 fully saturated rings. The Bertz CT molecular complexity index is 610. The summed E-state index contributed by atoms with van der Waals surface area (Å²) >= 11 is 0. The number of nitrogens with zero attached hydrogens (tertiary/aromatic N) is 4. The molecule has 3 rings (SSSR count). The van der Waals surface area contributed by atoms with Gasteiger partial charge in [0.2, 0.25) is 0 Å². The Balaban J connectivity index is 1.69. The van der Waals surface area contributed by atoms with E-state index in [2.05, 4.69) is 4.98 Å². The first-order chi connectivity index (χ1) is 11.1. The molecule has 0 aliphatic carbocycles. The molecule has 130 valence electrons. The number of morpholine rings is 1. The lowest BCUT2D eigenvalue weighted by atomic mass is 10.0. The molecule has 2 aliphatic rings. The van der Waals surface area contributed by atoms with Crippen LogP contribution in [-0.2, 0) is 28.4 Å². The van der Waals surface area contributed by atoms with Crippen LogP contribution in [0.25, 0.3) is 0 Å². The van der Waals surface area contributed by atoms with Gasteiger partial charge in [-0.1, -0.05) is 6.42 Å². The maximum Gasteiger partial charge on any atom is 0.282 e. The first-order valence-corrected chi connectivity index (χ1v) is 9.79. The van der Waals surface area contributed by atoms with Gasteiger partial charge in [-0.25, -0.2) is 4.98 Å². The second kappa shape index (κ2) is 7.29. The standard InChI is InChI=1S/C15H26N4O3S/c1-17-9-7-16-15(17)6-5-14-4-2-3-8-19(14)23(20,21)18-10-12-22-13-11-18/h7,9,14H,2-6,8,10-13H2,1H3. The fraction of sp³-hybridized carbons (Fsp3) is 0.800. The van der Waals surface area contributed by atoms with Crippen molar-refractivity contribution in [2.45, 2.75) is 38.1 Å². The first kappa shape index (κ1) is 16.9. The van der Waals surface area contributed by atoms with E-state index >= 15 is 0 Å². The van der Waals surface area contributed by atoms with E-state index in [1.54, 1.807) is 14.8 Å². The minimum Gasteiger partial charge on any atom is -0.379 e.